The fourth-order valence-corrected chi connectivity index (χ4v) is 4.05. The molecule has 1 heterocycles. The molecule has 0 spiro atoms. The van der Waals surface area contributed by atoms with Gasteiger partial charge < -0.3 is 25.6 Å². The molecule has 34 heavy (non-hydrogen) atoms. The second kappa shape index (κ2) is 12.4. The van der Waals surface area contributed by atoms with E-state index in [4.69, 9.17) is 4.74 Å². The number of aliphatic hydroxyl groups is 1. The highest BCUT2D eigenvalue weighted by molar-refractivity contribution is 7.09. The lowest BCUT2D eigenvalue weighted by Gasteiger charge is -2.39. The van der Waals surface area contributed by atoms with Crippen molar-refractivity contribution in [3.63, 3.8) is 0 Å². The Labute approximate surface area is 203 Å². The number of nitrogens with one attached hydrogen (secondary N) is 2. The molecule has 1 aromatic carbocycles. The van der Waals surface area contributed by atoms with Crippen LogP contribution in [-0.4, -0.2) is 75.4 Å². The normalized spacial score (nSPS) is 14.0. The van der Waals surface area contributed by atoms with E-state index >= 15 is 0 Å². The molecule has 2 aromatic rings. The highest BCUT2D eigenvalue weighted by Gasteiger charge is 2.39. The first-order chi connectivity index (χ1) is 16.0. The zero-order valence-electron chi connectivity index (χ0n) is 19.7. The third-order valence-corrected chi connectivity index (χ3v) is 5.82. The van der Waals surface area contributed by atoms with Crippen molar-refractivity contribution in [3.8, 4) is 0 Å². The standard InChI is InChI=1S/C23H32N4O6S/c1-23(2,3)27(22(31)32)17(14-33-4)20(29)26-16(12-15-8-6-5-7-9-15)19(28)21(30)25-13-18-24-10-11-34-18/h5-11,16-17,19,28H,12-14H2,1-4H3,(H,25,30)(H,26,29)(H,31,32)/t16-,17-,19+/m1/s1. The van der Waals surface area contributed by atoms with Crippen molar-refractivity contribution in [2.45, 2.75) is 57.5 Å². The molecule has 0 saturated heterocycles. The molecular formula is C23H32N4O6S. The van der Waals surface area contributed by atoms with Gasteiger partial charge in [0, 0.05) is 24.2 Å². The van der Waals surface area contributed by atoms with Crippen LogP contribution in [0.4, 0.5) is 4.79 Å². The molecule has 11 heteroatoms. The molecule has 10 nitrogen and oxygen atoms in total. The Hall–Kier alpha value is -3.02. The maximum Gasteiger partial charge on any atom is 0.408 e. The lowest BCUT2D eigenvalue weighted by Crippen LogP contribution is -2.61. The number of thiazole rings is 1. The van der Waals surface area contributed by atoms with Gasteiger partial charge in [-0.05, 0) is 32.8 Å². The number of carboxylic acid groups (broad SMARTS) is 1. The average Bonchev–Trinajstić information content (AvgIpc) is 3.29. The summed E-state index contributed by atoms with van der Waals surface area (Å²) in [5.41, 5.74) is -0.112. The van der Waals surface area contributed by atoms with Crippen molar-refractivity contribution in [1.29, 1.82) is 0 Å². The Balaban J connectivity index is 2.25. The van der Waals surface area contributed by atoms with Crippen LogP contribution in [0.1, 0.15) is 31.3 Å². The number of methoxy groups -OCH3 is 1. The first-order valence-electron chi connectivity index (χ1n) is 10.7. The molecule has 0 aliphatic rings. The quantitative estimate of drug-likeness (QED) is 0.374. The molecule has 186 valence electrons. The number of rotatable bonds is 11. The second-order valence-electron chi connectivity index (χ2n) is 8.69. The number of hydrogen-bond donors (Lipinski definition) is 4. The van der Waals surface area contributed by atoms with E-state index in [2.05, 4.69) is 15.6 Å². The van der Waals surface area contributed by atoms with E-state index in [9.17, 15) is 24.6 Å². The molecule has 0 fully saturated rings. The van der Waals surface area contributed by atoms with Gasteiger partial charge in [-0.2, -0.15) is 0 Å². The van der Waals surface area contributed by atoms with Crippen LogP contribution in [0, 0.1) is 0 Å². The topological polar surface area (TPSA) is 141 Å². The Kier molecular flexibility index (Phi) is 9.97. The van der Waals surface area contributed by atoms with E-state index in [0.717, 1.165) is 10.5 Å². The first-order valence-corrected chi connectivity index (χ1v) is 11.6. The number of aliphatic hydroxyl groups excluding tert-OH is 1. The van der Waals surface area contributed by atoms with Crippen LogP contribution in [-0.2, 0) is 27.3 Å². The van der Waals surface area contributed by atoms with Crippen molar-refractivity contribution in [2.24, 2.45) is 0 Å². The van der Waals surface area contributed by atoms with Gasteiger partial charge >= 0.3 is 6.09 Å². The molecular weight excluding hydrogens is 460 g/mol. The van der Waals surface area contributed by atoms with Crippen LogP contribution in [0.15, 0.2) is 41.9 Å². The number of carbonyl (C=O) groups excluding carboxylic acids is 2. The summed E-state index contributed by atoms with van der Waals surface area (Å²) < 4.78 is 5.13. The Morgan fingerprint density at radius 2 is 1.85 bits per heavy atom. The summed E-state index contributed by atoms with van der Waals surface area (Å²) in [4.78, 5) is 43.0. The molecule has 3 atom stereocenters. The molecule has 0 aliphatic carbocycles. The number of carbonyl (C=O) groups is 3. The van der Waals surface area contributed by atoms with Crippen molar-refractivity contribution in [2.75, 3.05) is 13.7 Å². The van der Waals surface area contributed by atoms with Crippen LogP contribution in [0.5, 0.6) is 0 Å². The molecule has 1 aromatic heterocycles. The first kappa shape index (κ1) is 27.2. The summed E-state index contributed by atoms with van der Waals surface area (Å²) in [6.45, 7) is 4.95. The third kappa shape index (κ3) is 7.79. The number of aromatic nitrogens is 1. The molecule has 4 N–H and O–H groups in total. The zero-order chi connectivity index (χ0) is 25.3. The average molecular weight is 493 g/mol. The monoisotopic (exact) mass is 492 g/mol. The molecule has 0 bridgehead atoms. The number of hydrogen-bond acceptors (Lipinski definition) is 7. The highest BCUT2D eigenvalue weighted by Crippen LogP contribution is 2.19. The molecule has 3 amide bonds. The van der Waals surface area contributed by atoms with Crippen LogP contribution in [0.2, 0.25) is 0 Å². The second-order valence-corrected chi connectivity index (χ2v) is 9.67. The predicted octanol–water partition coefficient (Wildman–Crippen LogP) is 1.64. The number of ether oxygens (including phenoxy) is 1. The van der Waals surface area contributed by atoms with E-state index in [1.54, 1.807) is 32.3 Å². The lowest BCUT2D eigenvalue weighted by molar-refractivity contribution is -0.135. The number of benzene rings is 1. The van der Waals surface area contributed by atoms with Gasteiger partial charge in [-0.25, -0.2) is 9.78 Å². The van der Waals surface area contributed by atoms with Crippen molar-refractivity contribution < 1.29 is 29.3 Å². The van der Waals surface area contributed by atoms with Crippen molar-refractivity contribution in [1.82, 2.24) is 20.5 Å². The molecule has 0 aliphatic heterocycles. The minimum atomic E-state index is -1.58. The Morgan fingerprint density at radius 3 is 2.38 bits per heavy atom. The summed E-state index contributed by atoms with van der Waals surface area (Å²) in [5, 5.41) is 28.3. The number of nitrogens with zero attached hydrogens (tertiary/aromatic N) is 2. The van der Waals surface area contributed by atoms with E-state index in [1.165, 1.54) is 18.4 Å². The van der Waals surface area contributed by atoms with Crippen LogP contribution < -0.4 is 10.6 Å². The maximum atomic E-state index is 13.3. The van der Waals surface area contributed by atoms with Gasteiger partial charge in [-0.15, -0.1) is 11.3 Å². The Bertz CT molecular complexity index is 933. The van der Waals surface area contributed by atoms with Crippen molar-refractivity contribution in [3.05, 3.63) is 52.5 Å². The SMILES string of the molecule is COC[C@H](C(=O)N[C@H](Cc1ccccc1)[C@H](O)C(=O)NCc1nccs1)N(C(=O)O)C(C)(C)C. The van der Waals surface area contributed by atoms with E-state index in [1.807, 2.05) is 30.3 Å². The summed E-state index contributed by atoms with van der Waals surface area (Å²) >= 11 is 1.36. The summed E-state index contributed by atoms with van der Waals surface area (Å²) in [6.07, 6.45) is -1.10. The van der Waals surface area contributed by atoms with E-state index in [-0.39, 0.29) is 19.6 Å². The van der Waals surface area contributed by atoms with E-state index in [0.29, 0.717) is 5.01 Å². The van der Waals surface area contributed by atoms with Crippen LogP contribution >= 0.6 is 11.3 Å². The van der Waals surface area contributed by atoms with Crippen LogP contribution in [0.25, 0.3) is 0 Å². The minimum Gasteiger partial charge on any atom is -0.465 e. The maximum absolute atomic E-state index is 13.3. The smallest absolute Gasteiger partial charge is 0.408 e. The highest BCUT2D eigenvalue weighted by atomic mass is 32.1. The molecule has 0 unspecified atom stereocenters. The zero-order valence-corrected chi connectivity index (χ0v) is 20.5. The Morgan fingerprint density at radius 1 is 1.18 bits per heavy atom. The predicted molar refractivity (Wildman–Crippen MR) is 127 cm³/mol. The van der Waals surface area contributed by atoms with Gasteiger partial charge in [-0.3, -0.25) is 14.5 Å². The van der Waals surface area contributed by atoms with Gasteiger partial charge in [-0.1, -0.05) is 30.3 Å². The van der Waals surface area contributed by atoms with Gasteiger partial charge in [0.05, 0.1) is 19.2 Å². The fourth-order valence-electron chi connectivity index (χ4n) is 3.49. The van der Waals surface area contributed by atoms with Gasteiger partial charge in [0.2, 0.25) is 5.91 Å². The molecule has 0 saturated carbocycles. The van der Waals surface area contributed by atoms with Crippen molar-refractivity contribution >= 4 is 29.2 Å². The lowest BCUT2D eigenvalue weighted by atomic mass is 9.99. The van der Waals surface area contributed by atoms with Crippen LogP contribution in [0.3, 0.4) is 0 Å². The summed E-state index contributed by atoms with van der Waals surface area (Å²) in [5.74, 6) is -1.35. The third-order valence-electron chi connectivity index (χ3n) is 5.04. The van der Waals surface area contributed by atoms with Gasteiger partial charge in [0.15, 0.2) is 6.10 Å². The van der Waals surface area contributed by atoms with Gasteiger partial charge in [0.1, 0.15) is 11.0 Å². The number of amides is 3. The minimum absolute atomic E-state index is 0.142. The largest absolute Gasteiger partial charge is 0.465 e. The fraction of sp³-hybridized carbons (Fsp3) is 0.478. The van der Waals surface area contributed by atoms with E-state index < -0.39 is 41.6 Å². The van der Waals surface area contributed by atoms with Gasteiger partial charge in [0.25, 0.3) is 5.91 Å². The molecule has 0 radical (unpaired) electrons. The summed E-state index contributed by atoms with van der Waals surface area (Å²) in [7, 11) is 1.37. The summed E-state index contributed by atoms with van der Waals surface area (Å²) in [6, 6.07) is 6.87. The molecule has 2 rings (SSSR count).